The summed E-state index contributed by atoms with van der Waals surface area (Å²) in [5.41, 5.74) is 0.793. The van der Waals surface area contributed by atoms with Crippen molar-refractivity contribution in [1.29, 1.82) is 0 Å². The van der Waals surface area contributed by atoms with E-state index in [1.807, 2.05) is 0 Å². The summed E-state index contributed by atoms with van der Waals surface area (Å²) in [6, 6.07) is 8.87. The molecule has 0 aliphatic carbocycles. The van der Waals surface area contributed by atoms with Gasteiger partial charge >= 0.3 is 12.1 Å². The molecule has 2 N–H and O–H groups in total. The maximum Gasteiger partial charge on any atom is 0.406 e. The van der Waals surface area contributed by atoms with Crippen LogP contribution in [-0.4, -0.2) is 53.6 Å². The monoisotopic (exact) mass is 372 g/mol. The number of nitrogens with zero attached hydrogens (tertiary/aromatic N) is 1. The highest BCUT2D eigenvalue weighted by molar-refractivity contribution is 5.89. The van der Waals surface area contributed by atoms with E-state index in [2.05, 4.69) is 5.32 Å². The Kier molecular flexibility index (Phi) is 6.23. The van der Waals surface area contributed by atoms with E-state index in [1.54, 1.807) is 30.3 Å². The molecule has 0 unspecified atom stereocenters. The summed E-state index contributed by atoms with van der Waals surface area (Å²) < 4.78 is 37.2. The van der Waals surface area contributed by atoms with Gasteiger partial charge < -0.3 is 15.3 Å². The van der Waals surface area contributed by atoms with E-state index in [0.29, 0.717) is 4.90 Å². The number of amides is 2. The molecule has 1 aliphatic heterocycles. The first-order chi connectivity index (χ1) is 12.2. The number of nitrogens with one attached hydrogen (secondary N) is 1. The summed E-state index contributed by atoms with van der Waals surface area (Å²) >= 11 is 0. The largest absolute Gasteiger partial charge is 0.481 e. The Balaban J connectivity index is 1.88. The second kappa shape index (κ2) is 8.20. The van der Waals surface area contributed by atoms with Crippen LogP contribution in [0.15, 0.2) is 30.3 Å². The number of rotatable bonds is 7. The van der Waals surface area contributed by atoms with E-state index in [-0.39, 0.29) is 25.9 Å². The van der Waals surface area contributed by atoms with E-state index in [9.17, 15) is 32.7 Å². The summed E-state index contributed by atoms with van der Waals surface area (Å²) in [4.78, 5) is 35.7. The third kappa shape index (κ3) is 5.75. The number of likely N-dealkylation sites (tertiary alicyclic amines) is 1. The van der Waals surface area contributed by atoms with Crippen LogP contribution in [0.4, 0.5) is 13.2 Å². The Hall–Kier alpha value is -2.58. The molecule has 6 nitrogen and oxygen atoms in total. The van der Waals surface area contributed by atoms with E-state index >= 15 is 0 Å². The molecule has 1 aliphatic rings. The minimum atomic E-state index is -4.52. The number of carbonyl (C=O) groups excluding carboxylic acids is 2. The van der Waals surface area contributed by atoms with Gasteiger partial charge in [0.05, 0.1) is 11.8 Å². The molecule has 0 aromatic heterocycles. The van der Waals surface area contributed by atoms with Crippen molar-refractivity contribution in [3.05, 3.63) is 35.9 Å². The van der Waals surface area contributed by atoms with Gasteiger partial charge in [-0.2, -0.15) is 13.2 Å². The molecule has 0 radical (unpaired) electrons. The van der Waals surface area contributed by atoms with Crippen molar-refractivity contribution >= 4 is 17.8 Å². The lowest BCUT2D eigenvalue weighted by molar-refractivity contribution is -0.157. The Morgan fingerprint density at radius 1 is 1.27 bits per heavy atom. The summed E-state index contributed by atoms with van der Waals surface area (Å²) in [6.07, 6.45) is -4.62. The van der Waals surface area contributed by atoms with Crippen molar-refractivity contribution in [3.8, 4) is 0 Å². The summed E-state index contributed by atoms with van der Waals surface area (Å²) in [7, 11) is 0. The van der Waals surface area contributed by atoms with Crippen LogP contribution < -0.4 is 5.32 Å². The third-order valence-corrected chi connectivity index (χ3v) is 4.15. The van der Waals surface area contributed by atoms with Gasteiger partial charge in [0.2, 0.25) is 11.8 Å². The lowest BCUT2D eigenvalue weighted by Gasteiger charge is -2.19. The number of carboxylic acid groups (broad SMARTS) is 1. The maximum atomic E-state index is 12.4. The van der Waals surface area contributed by atoms with Gasteiger partial charge in [-0.1, -0.05) is 30.3 Å². The zero-order valence-electron chi connectivity index (χ0n) is 13.8. The van der Waals surface area contributed by atoms with Crippen molar-refractivity contribution in [2.45, 2.75) is 19.0 Å². The predicted octanol–water partition coefficient (Wildman–Crippen LogP) is 1.46. The number of hydrogen-bond donors (Lipinski definition) is 2. The predicted molar refractivity (Wildman–Crippen MR) is 85.0 cm³/mol. The van der Waals surface area contributed by atoms with Crippen LogP contribution in [0.3, 0.4) is 0 Å². The number of benzene rings is 1. The highest BCUT2D eigenvalue weighted by atomic mass is 19.4. The van der Waals surface area contributed by atoms with Crippen molar-refractivity contribution in [1.82, 2.24) is 10.2 Å². The van der Waals surface area contributed by atoms with Crippen LogP contribution in [0.5, 0.6) is 0 Å². The first-order valence-electron chi connectivity index (χ1n) is 8.04. The number of carbonyl (C=O) groups is 3. The van der Waals surface area contributed by atoms with Gasteiger partial charge in [-0.05, 0) is 12.0 Å². The lowest BCUT2D eigenvalue weighted by atomic mass is 9.99. The van der Waals surface area contributed by atoms with E-state index in [0.717, 1.165) is 5.56 Å². The molecule has 1 fully saturated rings. The first kappa shape index (κ1) is 19.7. The Morgan fingerprint density at radius 3 is 2.50 bits per heavy atom. The molecule has 1 saturated heterocycles. The standard InChI is InChI=1S/C17H19F3N2O4/c18-17(19,20)10-22-9-13(7-14(22)23)15(24)21-8-12(16(25)26)6-11-4-2-1-3-5-11/h1-5,12-13H,6-10H2,(H,21,24)(H,25,26)/t12-,13+/m0/s1. The molecule has 0 spiro atoms. The number of carboxylic acids is 1. The van der Waals surface area contributed by atoms with E-state index < -0.39 is 42.3 Å². The van der Waals surface area contributed by atoms with E-state index in [1.165, 1.54) is 0 Å². The smallest absolute Gasteiger partial charge is 0.406 e. The van der Waals surface area contributed by atoms with Gasteiger partial charge in [0.25, 0.3) is 0 Å². The normalized spacial score (nSPS) is 18.7. The van der Waals surface area contributed by atoms with Crippen molar-refractivity contribution in [3.63, 3.8) is 0 Å². The number of hydrogen-bond acceptors (Lipinski definition) is 3. The summed E-state index contributed by atoms with van der Waals surface area (Å²) in [6.45, 7) is -1.87. The Labute approximate surface area is 148 Å². The van der Waals surface area contributed by atoms with Crippen molar-refractivity contribution < 1.29 is 32.7 Å². The first-order valence-corrected chi connectivity index (χ1v) is 8.04. The molecule has 1 aromatic carbocycles. The molecular formula is C17H19F3N2O4. The molecule has 1 aromatic rings. The van der Waals surface area contributed by atoms with Crippen LogP contribution in [0.25, 0.3) is 0 Å². The molecule has 26 heavy (non-hydrogen) atoms. The second-order valence-corrected chi connectivity index (χ2v) is 6.26. The number of alkyl halides is 3. The van der Waals surface area contributed by atoms with Gasteiger partial charge in [-0.15, -0.1) is 0 Å². The average molecular weight is 372 g/mol. The van der Waals surface area contributed by atoms with E-state index in [4.69, 9.17) is 0 Å². The highest BCUT2D eigenvalue weighted by Gasteiger charge is 2.40. The molecule has 142 valence electrons. The van der Waals surface area contributed by atoms with Crippen LogP contribution in [0, 0.1) is 11.8 Å². The fourth-order valence-corrected chi connectivity index (χ4v) is 2.83. The van der Waals surface area contributed by atoms with Gasteiger partial charge in [-0.3, -0.25) is 14.4 Å². The minimum Gasteiger partial charge on any atom is -0.481 e. The number of halogens is 3. The van der Waals surface area contributed by atoms with Crippen molar-refractivity contribution in [2.75, 3.05) is 19.6 Å². The minimum absolute atomic E-state index is 0.160. The third-order valence-electron chi connectivity index (χ3n) is 4.15. The fourth-order valence-electron chi connectivity index (χ4n) is 2.83. The van der Waals surface area contributed by atoms with Crippen LogP contribution in [0.2, 0.25) is 0 Å². The quantitative estimate of drug-likeness (QED) is 0.759. The van der Waals surface area contributed by atoms with Gasteiger partial charge in [0, 0.05) is 19.5 Å². The maximum absolute atomic E-state index is 12.4. The average Bonchev–Trinajstić information content (AvgIpc) is 2.91. The second-order valence-electron chi connectivity index (χ2n) is 6.26. The molecule has 2 rings (SSSR count). The SMILES string of the molecule is O=C(O)[C@H](CNC(=O)[C@@H]1CC(=O)N(CC(F)(F)F)C1)Cc1ccccc1. The molecule has 9 heteroatoms. The highest BCUT2D eigenvalue weighted by Crippen LogP contribution is 2.24. The van der Waals surface area contributed by atoms with Crippen LogP contribution >= 0.6 is 0 Å². The Bertz CT molecular complexity index is 664. The molecule has 0 bridgehead atoms. The summed E-state index contributed by atoms with van der Waals surface area (Å²) in [5.74, 6) is -4.21. The zero-order valence-corrected chi connectivity index (χ0v) is 13.8. The zero-order chi connectivity index (χ0) is 19.3. The molecular weight excluding hydrogens is 353 g/mol. The molecule has 1 heterocycles. The van der Waals surface area contributed by atoms with Crippen molar-refractivity contribution in [2.24, 2.45) is 11.8 Å². The summed E-state index contributed by atoms with van der Waals surface area (Å²) in [5, 5.41) is 11.7. The molecule has 2 amide bonds. The topological polar surface area (TPSA) is 86.7 Å². The Morgan fingerprint density at radius 2 is 1.92 bits per heavy atom. The lowest BCUT2D eigenvalue weighted by Crippen LogP contribution is -2.39. The number of aliphatic carboxylic acids is 1. The van der Waals surface area contributed by atoms with Gasteiger partial charge in [0.15, 0.2) is 0 Å². The molecule has 2 atom stereocenters. The fraction of sp³-hybridized carbons (Fsp3) is 0.471. The van der Waals surface area contributed by atoms with Crippen LogP contribution in [-0.2, 0) is 20.8 Å². The van der Waals surface area contributed by atoms with Gasteiger partial charge in [-0.25, -0.2) is 0 Å². The van der Waals surface area contributed by atoms with Crippen LogP contribution in [0.1, 0.15) is 12.0 Å². The van der Waals surface area contributed by atoms with Gasteiger partial charge in [0.1, 0.15) is 6.54 Å². The molecule has 0 saturated carbocycles.